The van der Waals surface area contributed by atoms with Crippen LogP contribution in [0.5, 0.6) is 0 Å². The largest absolute Gasteiger partial charge is 0.378 e. The van der Waals surface area contributed by atoms with Crippen molar-refractivity contribution in [2.24, 2.45) is 0 Å². The summed E-state index contributed by atoms with van der Waals surface area (Å²) in [6.07, 6.45) is -0.200. The molecule has 0 aromatic heterocycles. The molecule has 2 aliphatic heterocycles. The lowest BCUT2D eigenvalue weighted by Crippen LogP contribution is -2.55. The van der Waals surface area contributed by atoms with Gasteiger partial charge in [0, 0.05) is 39.0 Å². The number of hydrogen-bond donors (Lipinski definition) is 0. The summed E-state index contributed by atoms with van der Waals surface area (Å²) in [5.74, 6) is -0.638. The van der Waals surface area contributed by atoms with E-state index in [4.69, 9.17) is 4.74 Å². The van der Waals surface area contributed by atoms with Gasteiger partial charge in [0.05, 0.1) is 19.0 Å². The van der Waals surface area contributed by atoms with Crippen molar-refractivity contribution in [2.75, 3.05) is 39.4 Å². The number of benzene rings is 1. The summed E-state index contributed by atoms with van der Waals surface area (Å²) in [5, 5.41) is 0. The number of sulfonamides is 1. The third kappa shape index (κ3) is 4.19. The monoisotopic (exact) mass is 370 g/mol. The lowest BCUT2D eigenvalue weighted by molar-refractivity contribution is -0.150. The summed E-state index contributed by atoms with van der Waals surface area (Å²) in [6, 6.07) is 8.90. The number of rotatable bonds is 4. The number of carbonyl (C=O) groups is 1. The van der Waals surface area contributed by atoms with Gasteiger partial charge in [-0.3, -0.25) is 4.79 Å². The van der Waals surface area contributed by atoms with E-state index in [2.05, 4.69) is 0 Å². The number of amides is 1. The highest BCUT2D eigenvalue weighted by Crippen LogP contribution is 2.31. The zero-order chi connectivity index (χ0) is 17.9. The molecule has 1 aromatic rings. The molecule has 138 valence electrons. The van der Waals surface area contributed by atoms with Crippen LogP contribution in [0, 0.1) is 0 Å². The third-order valence-corrected chi connectivity index (χ3v) is 6.63. The number of alkyl halides is 1. The molecule has 2 saturated heterocycles. The Morgan fingerprint density at radius 2 is 1.68 bits per heavy atom. The van der Waals surface area contributed by atoms with Gasteiger partial charge in [-0.25, -0.2) is 17.1 Å². The number of halogens is 1. The Balaban J connectivity index is 1.61. The Morgan fingerprint density at radius 1 is 1.08 bits per heavy atom. The minimum Gasteiger partial charge on any atom is -0.378 e. The van der Waals surface area contributed by atoms with Crippen molar-refractivity contribution in [2.45, 2.75) is 24.3 Å². The van der Waals surface area contributed by atoms with E-state index in [9.17, 15) is 13.2 Å². The van der Waals surface area contributed by atoms with Crippen LogP contribution in [-0.4, -0.2) is 68.6 Å². The molecule has 0 saturated carbocycles. The van der Waals surface area contributed by atoms with Gasteiger partial charge in [0.1, 0.15) is 0 Å². The van der Waals surface area contributed by atoms with E-state index in [-0.39, 0.29) is 31.7 Å². The normalized spacial score (nSPS) is 21.9. The van der Waals surface area contributed by atoms with E-state index in [1.807, 2.05) is 6.07 Å². The SMILES string of the molecule is O=C(N1CCOCC1)C1(F)CCN(S(=O)(=O)Cc2ccccc2)CC1. The quantitative estimate of drug-likeness (QED) is 0.798. The van der Waals surface area contributed by atoms with Gasteiger partial charge in [-0.05, 0) is 5.56 Å². The smallest absolute Gasteiger partial charge is 0.260 e. The second-order valence-corrected chi connectivity index (χ2v) is 8.48. The van der Waals surface area contributed by atoms with Crippen molar-refractivity contribution in [3.8, 4) is 0 Å². The molecule has 0 radical (unpaired) electrons. The Morgan fingerprint density at radius 3 is 2.28 bits per heavy atom. The van der Waals surface area contributed by atoms with Gasteiger partial charge in [-0.2, -0.15) is 0 Å². The van der Waals surface area contributed by atoms with Crippen molar-refractivity contribution < 1.29 is 22.3 Å². The minimum atomic E-state index is -3.52. The van der Waals surface area contributed by atoms with Crippen LogP contribution in [0.2, 0.25) is 0 Å². The first-order valence-corrected chi connectivity index (χ1v) is 10.1. The van der Waals surface area contributed by atoms with Gasteiger partial charge in [0.25, 0.3) is 5.91 Å². The molecule has 1 aromatic carbocycles. The maximum Gasteiger partial charge on any atom is 0.260 e. The first kappa shape index (κ1) is 18.3. The summed E-state index contributed by atoms with van der Waals surface area (Å²) in [5.41, 5.74) is -1.28. The molecule has 2 heterocycles. The van der Waals surface area contributed by atoms with E-state index in [0.29, 0.717) is 31.9 Å². The van der Waals surface area contributed by atoms with Crippen LogP contribution >= 0.6 is 0 Å². The highest BCUT2D eigenvalue weighted by molar-refractivity contribution is 7.88. The average Bonchev–Trinajstić information content (AvgIpc) is 2.62. The minimum absolute atomic E-state index is 0.0295. The second kappa shape index (κ2) is 7.39. The van der Waals surface area contributed by atoms with E-state index in [1.165, 1.54) is 9.21 Å². The molecule has 0 unspecified atom stereocenters. The summed E-state index contributed by atoms with van der Waals surface area (Å²) >= 11 is 0. The molecular formula is C17H23FN2O4S. The van der Waals surface area contributed by atoms with Crippen LogP contribution in [-0.2, 0) is 25.3 Å². The number of morpholine rings is 1. The summed E-state index contributed by atoms with van der Waals surface area (Å²) < 4.78 is 46.6. The van der Waals surface area contributed by atoms with Crippen molar-refractivity contribution in [1.82, 2.24) is 9.21 Å². The molecule has 2 aliphatic rings. The Kier molecular flexibility index (Phi) is 5.41. The average molecular weight is 370 g/mol. The predicted molar refractivity (Wildman–Crippen MR) is 91.1 cm³/mol. The fourth-order valence-electron chi connectivity index (χ4n) is 3.26. The standard InChI is InChI=1S/C17H23FN2O4S/c18-17(16(21)19-10-12-24-13-11-19)6-8-20(9-7-17)25(22,23)14-15-4-2-1-3-5-15/h1-5H,6-14H2. The molecule has 6 nitrogen and oxygen atoms in total. The molecular weight excluding hydrogens is 347 g/mol. The topological polar surface area (TPSA) is 66.9 Å². The molecule has 25 heavy (non-hydrogen) atoms. The van der Waals surface area contributed by atoms with Crippen LogP contribution in [0.1, 0.15) is 18.4 Å². The third-order valence-electron chi connectivity index (χ3n) is 4.78. The zero-order valence-corrected chi connectivity index (χ0v) is 14.9. The molecule has 0 bridgehead atoms. The molecule has 0 N–H and O–H groups in total. The lowest BCUT2D eigenvalue weighted by Gasteiger charge is -2.38. The maximum atomic E-state index is 15.1. The van der Waals surface area contributed by atoms with Gasteiger partial charge < -0.3 is 9.64 Å². The van der Waals surface area contributed by atoms with Crippen molar-refractivity contribution in [3.63, 3.8) is 0 Å². The summed E-state index contributed by atoms with van der Waals surface area (Å²) in [6.45, 7) is 1.67. The summed E-state index contributed by atoms with van der Waals surface area (Å²) in [4.78, 5) is 13.9. The molecule has 8 heteroatoms. The van der Waals surface area contributed by atoms with Crippen LogP contribution in [0.15, 0.2) is 30.3 Å². The highest BCUT2D eigenvalue weighted by Gasteiger charge is 2.46. The van der Waals surface area contributed by atoms with Gasteiger partial charge in [0.2, 0.25) is 10.0 Å². The van der Waals surface area contributed by atoms with Gasteiger partial charge in [-0.1, -0.05) is 30.3 Å². The maximum absolute atomic E-state index is 15.1. The predicted octanol–water partition coefficient (Wildman–Crippen LogP) is 1.18. The molecule has 0 aliphatic carbocycles. The van der Waals surface area contributed by atoms with Crippen molar-refractivity contribution in [1.29, 1.82) is 0 Å². The molecule has 1 amide bonds. The fraction of sp³-hybridized carbons (Fsp3) is 0.588. The zero-order valence-electron chi connectivity index (χ0n) is 14.1. The van der Waals surface area contributed by atoms with E-state index >= 15 is 4.39 Å². The number of hydrogen-bond acceptors (Lipinski definition) is 4. The van der Waals surface area contributed by atoms with Crippen LogP contribution in [0.3, 0.4) is 0 Å². The van der Waals surface area contributed by atoms with Crippen LogP contribution in [0.25, 0.3) is 0 Å². The molecule has 3 rings (SSSR count). The first-order chi connectivity index (χ1) is 11.9. The van der Waals surface area contributed by atoms with Crippen LogP contribution in [0.4, 0.5) is 4.39 Å². The van der Waals surface area contributed by atoms with E-state index in [0.717, 1.165) is 0 Å². The van der Waals surface area contributed by atoms with Crippen molar-refractivity contribution >= 4 is 15.9 Å². The Hall–Kier alpha value is -1.51. The number of carbonyl (C=O) groups excluding carboxylic acids is 1. The molecule has 2 fully saturated rings. The Labute approximate surface area is 147 Å². The first-order valence-electron chi connectivity index (χ1n) is 8.48. The van der Waals surface area contributed by atoms with Crippen LogP contribution < -0.4 is 0 Å². The Bertz CT molecular complexity index is 697. The van der Waals surface area contributed by atoms with Gasteiger partial charge in [-0.15, -0.1) is 0 Å². The number of ether oxygens (including phenoxy) is 1. The second-order valence-electron chi connectivity index (χ2n) is 6.51. The lowest BCUT2D eigenvalue weighted by atomic mass is 9.92. The van der Waals surface area contributed by atoms with Gasteiger partial charge >= 0.3 is 0 Å². The van der Waals surface area contributed by atoms with Crippen molar-refractivity contribution in [3.05, 3.63) is 35.9 Å². The van der Waals surface area contributed by atoms with E-state index in [1.54, 1.807) is 24.3 Å². The molecule has 0 spiro atoms. The number of nitrogens with zero attached hydrogens (tertiary/aromatic N) is 2. The number of piperidine rings is 1. The van der Waals surface area contributed by atoms with E-state index < -0.39 is 21.6 Å². The van der Waals surface area contributed by atoms with Gasteiger partial charge in [0.15, 0.2) is 5.67 Å². The summed E-state index contributed by atoms with van der Waals surface area (Å²) in [7, 11) is -3.52. The fourth-order valence-corrected chi connectivity index (χ4v) is 4.79. The highest BCUT2D eigenvalue weighted by atomic mass is 32.2. The molecule has 0 atom stereocenters.